The highest BCUT2D eigenvalue weighted by Gasteiger charge is 2.03. The van der Waals surface area contributed by atoms with E-state index in [9.17, 15) is 9.59 Å². The van der Waals surface area contributed by atoms with Gasteiger partial charge in [0.15, 0.2) is 0 Å². The minimum Gasteiger partial charge on any atom is -0.399 e. The molecule has 0 radical (unpaired) electrons. The van der Waals surface area contributed by atoms with Crippen molar-refractivity contribution in [2.75, 3.05) is 24.6 Å². The van der Waals surface area contributed by atoms with Crippen molar-refractivity contribution in [3.8, 4) is 0 Å². The molecule has 0 unspecified atom stereocenters. The number of carbonyl (C=O) groups is 2. The SMILES string of the molecule is CNC(=O)CNC(=O)Nc1cccc(N)c1. The Hall–Kier alpha value is -2.24. The number of amides is 3. The molecule has 0 aromatic heterocycles. The zero-order valence-electron chi connectivity index (χ0n) is 8.91. The van der Waals surface area contributed by atoms with Gasteiger partial charge >= 0.3 is 6.03 Å². The molecular formula is C10H14N4O2. The fourth-order valence-corrected chi connectivity index (χ4v) is 1.04. The lowest BCUT2D eigenvalue weighted by atomic mass is 10.3. The Morgan fingerprint density at radius 1 is 1.38 bits per heavy atom. The zero-order chi connectivity index (χ0) is 12.0. The van der Waals surface area contributed by atoms with Crippen molar-refractivity contribution < 1.29 is 9.59 Å². The molecule has 1 aromatic carbocycles. The maximum absolute atomic E-state index is 11.3. The summed E-state index contributed by atoms with van der Waals surface area (Å²) in [6, 6.07) is 6.32. The molecule has 6 nitrogen and oxygen atoms in total. The third kappa shape index (κ3) is 3.87. The van der Waals surface area contributed by atoms with Gasteiger partial charge in [-0.15, -0.1) is 0 Å². The van der Waals surface area contributed by atoms with Crippen LogP contribution in [0.1, 0.15) is 0 Å². The molecule has 1 rings (SSSR count). The zero-order valence-corrected chi connectivity index (χ0v) is 8.91. The molecule has 0 bridgehead atoms. The van der Waals surface area contributed by atoms with Gasteiger partial charge in [-0.1, -0.05) is 6.07 Å². The van der Waals surface area contributed by atoms with Crippen LogP contribution in [0.25, 0.3) is 0 Å². The Bertz CT molecular complexity index is 392. The van der Waals surface area contributed by atoms with Gasteiger partial charge in [0.1, 0.15) is 0 Å². The van der Waals surface area contributed by atoms with E-state index >= 15 is 0 Å². The highest BCUT2D eigenvalue weighted by atomic mass is 16.2. The first-order valence-corrected chi connectivity index (χ1v) is 4.73. The molecule has 0 saturated carbocycles. The topological polar surface area (TPSA) is 96.2 Å². The minimum atomic E-state index is -0.450. The van der Waals surface area contributed by atoms with Gasteiger partial charge in [0.05, 0.1) is 6.54 Å². The number of hydrogen-bond donors (Lipinski definition) is 4. The van der Waals surface area contributed by atoms with E-state index in [1.54, 1.807) is 24.3 Å². The molecule has 5 N–H and O–H groups in total. The van der Waals surface area contributed by atoms with Gasteiger partial charge in [-0.2, -0.15) is 0 Å². The van der Waals surface area contributed by atoms with Gasteiger partial charge in [-0.05, 0) is 18.2 Å². The largest absolute Gasteiger partial charge is 0.399 e. The molecule has 0 spiro atoms. The van der Waals surface area contributed by atoms with Gasteiger partial charge in [0.2, 0.25) is 5.91 Å². The van der Waals surface area contributed by atoms with Crippen LogP contribution in [0.3, 0.4) is 0 Å². The maximum atomic E-state index is 11.3. The number of rotatable bonds is 3. The summed E-state index contributed by atoms with van der Waals surface area (Å²) in [6.45, 7) is -0.0648. The molecule has 0 saturated heterocycles. The molecule has 0 aliphatic heterocycles. The predicted octanol–water partition coefficient (Wildman–Crippen LogP) is 0.136. The van der Waals surface area contributed by atoms with E-state index in [1.165, 1.54) is 7.05 Å². The number of likely N-dealkylation sites (N-methyl/N-ethyl adjacent to an activating group) is 1. The molecule has 0 fully saturated rings. The van der Waals surface area contributed by atoms with Crippen LogP contribution in [-0.2, 0) is 4.79 Å². The predicted molar refractivity (Wildman–Crippen MR) is 61.9 cm³/mol. The van der Waals surface area contributed by atoms with Crippen molar-refractivity contribution in [3.05, 3.63) is 24.3 Å². The summed E-state index contributed by atoms with van der Waals surface area (Å²) in [5.41, 5.74) is 6.68. The Morgan fingerprint density at radius 3 is 2.75 bits per heavy atom. The lowest BCUT2D eigenvalue weighted by Gasteiger charge is -2.07. The number of benzene rings is 1. The number of urea groups is 1. The van der Waals surface area contributed by atoms with E-state index in [0.717, 1.165) is 0 Å². The Balaban J connectivity index is 2.43. The van der Waals surface area contributed by atoms with E-state index in [4.69, 9.17) is 5.73 Å². The first-order valence-electron chi connectivity index (χ1n) is 4.73. The Labute approximate surface area is 93.2 Å². The number of nitrogen functional groups attached to an aromatic ring is 1. The van der Waals surface area contributed by atoms with E-state index in [2.05, 4.69) is 16.0 Å². The van der Waals surface area contributed by atoms with Crippen LogP contribution in [0.5, 0.6) is 0 Å². The molecule has 1 aromatic rings. The maximum Gasteiger partial charge on any atom is 0.319 e. The lowest BCUT2D eigenvalue weighted by molar-refractivity contribution is -0.119. The summed E-state index contributed by atoms with van der Waals surface area (Å²) < 4.78 is 0. The first kappa shape index (κ1) is 11.8. The van der Waals surface area contributed by atoms with Crippen LogP contribution in [-0.4, -0.2) is 25.5 Å². The van der Waals surface area contributed by atoms with Gasteiger partial charge in [0.25, 0.3) is 0 Å². The monoisotopic (exact) mass is 222 g/mol. The van der Waals surface area contributed by atoms with Crippen molar-refractivity contribution in [3.63, 3.8) is 0 Å². The van der Waals surface area contributed by atoms with Crippen LogP contribution in [0.2, 0.25) is 0 Å². The van der Waals surface area contributed by atoms with Crippen LogP contribution in [0, 0.1) is 0 Å². The Morgan fingerprint density at radius 2 is 2.12 bits per heavy atom. The fraction of sp³-hybridized carbons (Fsp3) is 0.200. The second-order valence-corrected chi connectivity index (χ2v) is 3.11. The van der Waals surface area contributed by atoms with Gasteiger partial charge in [-0.3, -0.25) is 4.79 Å². The average Bonchev–Trinajstić information content (AvgIpc) is 2.26. The van der Waals surface area contributed by atoms with E-state index in [0.29, 0.717) is 11.4 Å². The Kier molecular flexibility index (Phi) is 4.14. The highest BCUT2D eigenvalue weighted by molar-refractivity contribution is 5.92. The summed E-state index contributed by atoms with van der Waals surface area (Å²) in [4.78, 5) is 22.2. The van der Waals surface area contributed by atoms with Gasteiger partial charge in [0, 0.05) is 18.4 Å². The lowest BCUT2D eigenvalue weighted by Crippen LogP contribution is -2.37. The summed E-state index contributed by atoms with van der Waals surface area (Å²) >= 11 is 0. The summed E-state index contributed by atoms with van der Waals surface area (Å²) in [5, 5.41) is 7.34. The third-order valence-electron chi connectivity index (χ3n) is 1.83. The molecule has 0 aliphatic rings. The molecule has 0 heterocycles. The number of nitrogens with one attached hydrogen (secondary N) is 3. The van der Waals surface area contributed by atoms with Crippen LogP contribution in [0.15, 0.2) is 24.3 Å². The highest BCUT2D eigenvalue weighted by Crippen LogP contribution is 2.11. The van der Waals surface area contributed by atoms with Crippen molar-refractivity contribution in [2.45, 2.75) is 0 Å². The van der Waals surface area contributed by atoms with Gasteiger partial charge < -0.3 is 21.7 Å². The van der Waals surface area contributed by atoms with Gasteiger partial charge in [-0.25, -0.2) is 4.79 Å². The number of anilines is 2. The van der Waals surface area contributed by atoms with E-state index < -0.39 is 6.03 Å². The second kappa shape index (κ2) is 5.59. The number of carbonyl (C=O) groups excluding carboxylic acids is 2. The van der Waals surface area contributed by atoms with E-state index in [1.807, 2.05) is 0 Å². The smallest absolute Gasteiger partial charge is 0.319 e. The van der Waals surface area contributed by atoms with Crippen molar-refractivity contribution in [1.29, 1.82) is 0 Å². The normalized spacial score (nSPS) is 9.31. The van der Waals surface area contributed by atoms with Crippen LogP contribution >= 0.6 is 0 Å². The third-order valence-corrected chi connectivity index (χ3v) is 1.83. The summed E-state index contributed by atoms with van der Waals surface area (Å²) in [7, 11) is 1.50. The molecule has 0 atom stereocenters. The molecule has 6 heteroatoms. The average molecular weight is 222 g/mol. The second-order valence-electron chi connectivity index (χ2n) is 3.11. The van der Waals surface area contributed by atoms with Crippen LogP contribution < -0.4 is 21.7 Å². The molecule has 16 heavy (non-hydrogen) atoms. The van der Waals surface area contributed by atoms with Crippen molar-refractivity contribution in [2.24, 2.45) is 0 Å². The molecule has 86 valence electrons. The first-order chi connectivity index (χ1) is 7.61. The van der Waals surface area contributed by atoms with Crippen molar-refractivity contribution >= 4 is 23.3 Å². The number of hydrogen-bond acceptors (Lipinski definition) is 3. The van der Waals surface area contributed by atoms with E-state index in [-0.39, 0.29) is 12.5 Å². The minimum absolute atomic E-state index is 0.0648. The standard InChI is InChI=1S/C10H14N4O2/c1-12-9(15)6-13-10(16)14-8-4-2-3-7(11)5-8/h2-5H,6,11H2,1H3,(H,12,15)(H2,13,14,16). The fourth-order valence-electron chi connectivity index (χ4n) is 1.04. The molecular weight excluding hydrogens is 208 g/mol. The number of nitrogens with two attached hydrogens (primary N) is 1. The molecule has 0 aliphatic carbocycles. The van der Waals surface area contributed by atoms with Crippen molar-refractivity contribution in [1.82, 2.24) is 10.6 Å². The quantitative estimate of drug-likeness (QED) is 0.547. The van der Waals surface area contributed by atoms with Crippen LogP contribution in [0.4, 0.5) is 16.2 Å². The molecule has 3 amide bonds. The summed E-state index contributed by atoms with van der Waals surface area (Å²) in [5.74, 6) is -0.261. The summed E-state index contributed by atoms with van der Waals surface area (Å²) in [6.07, 6.45) is 0.